The van der Waals surface area contributed by atoms with Gasteiger partial charge in [-0.1, -0.05) is 12.1 Å². The van der Waals surface area contributed by atoms with Gasteiger partial charge in [-0.3, -0.25) is 4.79 Å². The molecule has 1 aliphatic rings. The van der Waals surface area contributed by atoms with E-state index in [1.165, 1.54) is 12.8 Å². The number of pyridine rings is 1. The molecule has 4 heteroatoms. The fraction of sp³-hybridized carbons (Fsp3) is 0.526. The zero-order chi connectivity index (χ0) is 16.2. The molecular formula is C19H27N3O. The lowest BCUT2D eigenvalue weighted by Crippen LogP contribution is -2.43. The number of benzene rings is 1. The lowest BCUT2D eigenvalue weighted by atomic mass is 10.00. The lowest BCUT2D eigenvalue weighted by molar-refractivity contribution is 0.348. The van der Waals surface area contributed by atoms with Crippen LogP contribution in [0, 0.1) is 6.92 Å². The molecule has 3 N–H and O–H groups in total. The van der Waals surface area contributed by atoms with Gasteiger partial charge in [0, 0.05) is 34.2 Å². The van der Waals surface area contributed by atoms with Crippen LogP contribution in [0.4, 0.5) is 0 Å². The van der Waals surface area contributed by atoms with Crippen molar-refractivity contribution in [3.8, 4) is 0 Å². The highest BCUT2D eigenvalue weighted by atomic mass is 16.1. The quantitative estimate of drug-likeness (QED) is 0.795. The van der Waals surface area contributed by atoms with Crippen LogP contribution in [0.15, 0.2) is 29.1 Å². The van der Waals surface area contributed by atoms with Crippen LogP contribution in [-0.2, 0) is 6.42 Å². The van der Waals surface area contributed by atoms with Crippen molar-refractivity contribution in [1.82, 2.24) is 15.6 Å². The molecular weight excluding hydrogens is 286 g/mol. The van der Waals surface area contributed by atoms with Gasteiger partial charge in [0.25, 0.3) is 0 Å². The third-order valence-corrected chi connectivity index (χ3v) is 4.91. The van der Waals surface area contributed by atoms with Crippen molar-refractivity contribution in [2.24, 2.45) is 0 Å². The molecule has 1 fully saturated rings. The van der Waals surface area contributed by atoms with Crippen molar-refractivity contribution in [3.05, 3.63) is 45.7 Å². The van der Waals surface area contributed by atoms with E-state index in [4.69, 9.17) is 0 Å². The van der Waals surface area contributed by atoms with Gasteiger partial charge in [-0.15, -0.1) is 0 Å². The molecule has 2 heterocycles. The lowest BCUT2D eigenvalue weighted by Gasteiger charge is -2.27. The summed E-state index contributed by atoms with van der Waals surface area (Å²) in [6.07, 6.45) is 4.21. The zero-order valence-corrected chi connectivity index (χ0v) is 14.1. The summed E-state index contributed by atoms with van der Waals surface area (Å²) >= 11 is 0. The second-order valence-corrected chi connectivity index (χ2v) is 6.73. The Labute approximate surface area is 137 Å². The van der Waals surface area contributed by atoms with E-state index < -0.39 is 0 Å². The topological polar surface area (TPSA) is 56.9 Å². The number of hydrogen-bond donors (Lipinski definition) is 3. The molecule has 124 valence electrons. The Morgan fingerprint density at radius 2 is 2.00 bits per heavy atom. The monoisotopic (exact) mass is 313 g/mol. The highest BCUT2D eigenvalue weighted by molar-refractivity contribution is 5.79. The van der Waals surface area contributed by atoms with Crippen molar-refractivity contribution in [2.45, 2.75) is 51.6 Å². The maximum atomic E-state index is 12.7. The van der Waals surface area contributed by atoms with Gasteiger partial charge in [-0.2, -0.15) is 0 Å². The van der Waals surface area contributed by atoms with Crippen molar-refractivity contribution >= 4 is 10.9 Å². The second-order valence-electron chi connectivity index (χ2n) is 6.73. The number of rotatable bonds is 5. The van der Waals surface area contributed by atoms with Crippen LogP contribution in [0.5, 0.6) is 0 Å². The number of aromatic nitrogens is 1. The average molecular weight is 313 g/mol. The minimum Gasteiger partial charge on any atom is -0.358 e. The van der Waals surface area contributed by atoms with Crippen LogP contribution in [0.2, 0.25) is 0 Å². The molecule has 1 aromatic heterocycles. The van der Waals surface area contributed by atoms with E-state index >= 15 is 0 Å². The molecule has 0 spiro atoms. The highest BCUT2D eigenvalue weighted by Gasteiger charge is 2.16. The van der Waals surface area contributed by atoms with Crippen LogP contribution in [0.25, 0.3) is 10.9 Å². The number of fused-ring (bicyclic) bond motifs is 1. The van der Waals surface area contributed by atoms with E-state index in [9.17, 15) is 4.79 Å². The van der Waals surface area contributed by atoms with E-state index in [1.807, 2.05) is 31.2 Å². The summed E-state index contributed by atoms with van der Waals surface area (Å²) < 4.78 is 0. The minimum atomic E-state index is 0.186. The molecule has 1 aromatic carbocycles. The van der Waals surface area contributed by atoms with Gasteiger partial charge < -0.3 is 15.6 Å². The number of nitrogens with one attached hydrogen (secondary N) is 3. The van der Waals surface area contributed by atoms with Crippen LogP contribution >= 0.6 is 0 Å². The molecule has 0 saturated carbocycles. The number of H-pyrrole nitrogens is 1. The number of aromatic amines is 1. The van der Waals surface area contributed by atoms with E-state index in [1.54, 1.807) is 0 Å². The molecule has 3 rings (SSSR count). The number of para-hydroxylation sites is 1. The standard InChI is InChI=1S/C19H27N3O/c1-13(21-15-9-11-20-12-10-15)7-8-16-14(2)22-18-6-4-3-5-17(18)19(16)23/h3-6,13,15,20-21H,7-12H2,1-2H3,(H,22,23)/t13-/m1/s1. The maximum absolute atomic E-state index is 12.7. The molecule has 2 aromatic rings. The Kier molecular flexibility index (Phi) is 5.13. The first-order valence-electron chi connectivity index (χ1n) is 8.72. The maximum Gasteiger partial charge on any atom is 0.192 e. The van der Waals surface area contributed by atoms with Gasteiger partial charge in [-0.05, 0) is 64.8 Å². The smallest absolute Gasteiger partial charge is 0.192 e. The van der Waals surface area contributed by atoms with Crippen molar-refractivity contribution < 1.29 is 0 Å². The number of aryl methyl sites for hydroxylation is 1. The predicted octanol–water partition coefficient (Wildman–Crippen LogP) is 2.50. The van der Waals surface area contributed by atoms with Crippen LogP contribution in [0.1, 0.15) is 37.4 Å². The number of hydrogen-bond acceptors (Lipinski definition) is 3. The molecule has 0 radical (unpaired) electrons. The third kappa shape index (κ3) is 3.82. The van der Waals surface area contributed by atoms with Gasteiger partial charge in [-0.25, -0.2) is 0 Å². The van der Waals surface area contributed by atoms with Crippen molar-refractivity contribution in [3.63, 3.8) is 0 Å². The van der Waals surface area contributed by atoms with Crippen LogP contribution in [0.3, 0.4) is 0 Å². The zero-order valence-electron chi connectivity index (χ0n) is 14.1. The first kappa shape index (κ1) is 16.2. The third-order valence-electron chi connectivity index (χ3n) is 4.91. The van der Waals surface area contributed by atoms with E-state index in [2.05, 4.69) is 22.5 Å². The molecule has 0 amide bonds. The Morgan fingerprint density at radius 1 is 1.26 bits per heavy atom. The summed E-state index contributed by atoms with van der Waals surface area (Å²) in [6.45, 7) is 6.45. The first-order chi connectivity index (χ1) is 11.1. The normalized spacial score (nSPS) is 17.5. The summed E-state index contributed by atoms with van der Waals surface area (Å²) in [5.74, 6) is 0. The molecule has 1 saturated heterocycles. The Bertz CT molecular complexity index is 716. The van der Waals surface area contributed by atoms with Gasteiger partial charge in [0.05, 0.1) is 0 Å². The van der Waals surface area contributed by atoms with Gasteiger partial charge in [0.2, 0.25) is 0 Å². The predicted molar refractivity (Wildman–Crippen MR) is 96.1 cm³/mol. The summed E-state index contributed by atoms with van der Waals surface area (Å²) in [6, 6.07) is 8.81. The fourth-order valence-electron chi connectivity index (χ4n) is 3.54. The Morgan fingerprint density at radius 3 is 2.78 bits per heavy atom. The first-order valence-corrected chi connectivity index (χ1v) is 8.72. The number of piperidine rings is 1. The molecule has 4 nitrogen and oxygen atoms in total. The minimum absolute atomic E-state index is 0.186. The summed E-state index contributed by atoms with van der Waals surface area (Å²) in [5.41, 5.74) is 3.05. The molecule has 23 heavy (non-hydrogen) atoms. The van der Waals surface area contributed by atoms with Crippen molar-refractivity contribution in [1.29, 1.82) is 0 Å². The summed E-state index contributed by atoms with van der Waals surface area (Å²) in [7, 11) is 0. The SMILES string of the molecule is Cc1[nH]c2ccccc2c(=O)c1CC[C@@H](C)NC1CCNCC1. The van der Waals surface area contributed by atoms with Crippen molar-refractivity contribution in [2.75, 3.05) is 13.1 Å². The van der Waals surface area contributed by atoms with Gasteiger partial charge >= 0.3 is 0 Å². The van der Waals surface area contributed by atoms with Gasteiger partial charge in [0.15, 0.2) is 5.43 Å². The van der Waals surface area contributed by atoms with E-state index in [0.29, 0.717) is 12.1 Å². The second kappa shape index (κ2) is 7.28. The molecule has 0 aliphatic carbocycles. The molecule has 1 aliphatic heterocycles. The van der Waals surface area contributed by atoms with Crippen LogP contribution in [-0.4, -0.2) is 30.2 Å². The Balaban J connectivity index is 1.68. The largest absolute Gasteiger partial charge is 0.358 e. The van der Waals surface area contributed by atoms with E-state index in [-0.39, 0.29) is 5.43 Å². The van der Waals surface area contributed by atoms with Crippen LogP contribution < -0.4 is 16.1 Å². The fourth-order valence-corrected chi connectivity index (χ4v) is 3.54. The summed E-state index contributed by atoms with van der Waals surface area (Å²) in [5, 5.41) is 7.90. The Hall–Kier alpha value is -1.65. The molecule has 0 bridgehead atoms. The molecule has 0 unspecified atom stereocenters. The van der Waals surface area contributed by atoms with E-state index in [0.717, 1.165) is 48.1 Å². The highest BCUT2D eigenvalue weighted by Crippen LogP contribution is 2.13. The summed E-state index contributed by atoms with van der Waals surface area (Å²) in [4.78, 5) is 16.1. The van der Waals surface area contributed by atoms with Gasteiger partial charge in [0.1, 0.15) is 0 Å². The molecule has 1 atom stereocenters. The average Bonchev–Trinajstić information content (AvgIpc) is 2.55.